The van der Waals surface area contributed by atoms with Gasteiger partial charge in [0, 0.05) is 7.11 Å². The van der Waals surface area contributed by atoms with E-state index in [1.54, 1.807) is 0 Å². The van der Waals surface area contributed by atoms with E-state index in [1.807, 2.05) is 0 Å². The lowest BCUT2D eigenvalue weighted by Gasteiger charge is -2.04. The Morgan fingerprint density at radius 2 is 2.10 bits per heavy atom. The Labute approximate surface area is 121 Å². The van der Waals surface area contributed by atoms with E-state index in [0.29, 0.717) is 5.01 Å². The highest BCUT2D eigenvalue weighted by atomic mass is 35.5. The van der Waals surface area contributed by atoms with E-state index in [1.165, 1.54) is 7.11 Å². The number of hydrogen-bond acceptors (Lipinski definition) is 5. The molecule has 0 saturated heterocycles. The summed E-state index contributed by atoms with van der Waals surface area (Å²) >= 11 is 6.80. The summed E-state index contributed by atoms with van der Waals surface area (Å²) in [5, 5.41) is 10.5. The van der Waals surface area contributed by atoms with Gasteiger partial charge in [-0.3, -0.25) is 10.1 Å². The Morgan fingerprint density at radius 1 is 1.40 bits per heavy atom. The van der Waals surface area contributed by atoms with Gasteiger partial charge in [0.25, 0.3) is 5.91 Å². The first kappa shape index (κ1) is 14.8. The largest absolute Gasteiger partial charge is 0.377 e. The van der Waals surface area contributed by atoms with Gasteiger partial charge in [0.1, 0.15) is 11.6 Å². The van der Waals surface area contributed by atoms with Gasteiger partial charge in [-0.2, -0.15) is 0 Å². The quantitative estimate of drug-likeness (QED) is 0.880. The SMILES string of the molecule is COCc1nnc(NC(=O)c2cc(F)c(F)cc2Cl)s1. The Kier molecular flexibility index (Phi) is 4.58. The van der Waals surface area contributed by atoms with E-state index < -0.39 is 17.5 Å². The zero-order chi connectivity index (χ0) is 14.7. The smallest absolute Gasteiger partial charge is 0.259 e. The van der Waals surface area contributed by atoms with Crippen molar-refractivity contribution >= 4 is 34.0 Å². The summed E-state index contributed by atoms with van der Waals surface area (Å²) in [6, 6.07) is 1.46. The van der Waals surface area contributed by atoms with Crippen LogP contribution in [-0.2, 0) is 11.3 Å². The first-order chi connectivity index (χ1) is 9.51. The fourth-order valence-electron chi connectivity index (χ4n) is 1.35. The van der Waals surface area contributed by atoms with E-state index in [0.717, 1.165) is 23.5 Å². The third kappa shape index (κ3) is 3.27. The summed E-state index contributed by atoms with van der Waals surface area (Å²) in [6.45, 7) is 0.263. The van der Waals surface area contributed by atoms with E-state index >= 15 is 0 Å². The standard InChI is InChI=1S/C11H8ClF2N3O2S/c1-19-4-9-16-17-11(20-9)15-10(18)5-2-7(13)8(14)3-6(5)12/h2-3H,4H2,1H3,(H,15,17,18). The van der Waals surface area contributed by atoms with Crippen molar-refractivity contribution in [1.29, 1.82) is 0 Å². The molecule has 0 radical (unpaired) electrons. The van der Waals surface area contributed by atoms with Crippen LogP contribution in [0.1, 0.15) is 15.4 Å². The van der Waals surface area contributed by atoms with Crippen LogP contribution in [0.15, 0.2) is 12.1 Å². The normalized spacial score (nSPS) is 10.6. The monoisotopic (exact) mass is 319 g/mol. The number of rotatable bonds is 4. The number of halogens is 3. The van der Waals surface area contributed by atoms with Crippen LogP contribution in [0, 0.1) is 11.6 Å². The van der Waals surface area contributed by atoms with Crippen LogP contribution in [-0.4, -0.2) is 23.2 Å². The van der Waals surface area contributed by atoms with Crippen molar-refractivity contribution in [3.05, 3.63) is 39.4 Å². The maximum Gasteiger partial charge on any atom is 0.259 e. The van der Waals surface area contributed by atoms with Crippen LogP contribution in [0.5, 0.6) is 0 Å². The average Bonchev–Trinajstić information content (AvgIpc) is 2.81. The fourth-order valence-corrected chi connectivity index (χ4v) is 2.29. The first-order valence-electron chi connectivity index (χ1n) is 5.28. The molecule has 1 amide bonds. The van der Waals surface area contributed by atoms with E-state index in [2.05, 4.69) is 15.5 Å². The fraction of sp³-hybridized carbons (Fsp3) is 0.182. The predicted octanol–water partition coefficient (Wildman–Crippen LogP) is 2.87. The van der Waals surface area contributed by atoms with Gasteiger partial charge in [-0.05, 0) is 12.1 Å². The van der Waals surface area contributed by atoms with Crippen molar-refractivity contribution < 1.29 is 18.3 Å². The lowest BCUT2D eigenvalue weighted by atomic mass is 10.2. The van der Waals surface area contributed by atoms with Crippen molar-refractivity contribution in [1.82, 2.24) is 10.2 Å². The molecule has 1 heterocycles. The van der Waals surface area contributed by atoms with Gasteiger partial charge in [0.2, 0.25) is 5.13 Å². The molecule has 1 N–H and O–H groups in total. The number of ether oxygens (including phenoxy) is 1. The molecule has 0 aliphatic rings. The molecule has 2 rings (SSSR count). The second-order valence-electron chi connectivity index (χ2n) is 3.63. The number of carbonyl (C=O) groups is 1. The summed E-state index contributed by atoms with van der Waals surface area (Å²) in [5.41, 5.74) is -0.186. The minimum atomic E-state index is -1.16. The zero-order valence-electron chi connectivity index (χ0n) is 10.1. The molecule has 1 aromatic carbocycles. The second kappa shape index (κ2) is 6.21. The molecule has 0 fully saturated rings. The van der Waals surface area contributed by atoms with Gasteiger partial charge in [0.05, 0.1) is 10.6 Å². The van der Waals surface area contributed by atoms with Crippen LogP contribution >= 0.6 is 22.9 Å². The van der Waals surface area contributed by atoms with Crippen molar-refractivity contribution in [2.45, 2.75) is 6.61 Å². The molecule has 106 valence electrons. The molecule has 0 bridgehead atoms. The summed E-state index contributed by atoms with van der Waals surface area (Å²) in [4.78, 5) is 11.9. The van der Waals surface area contributed by atoms with Gasteiger partial charge in [0.15, 0.2) is 11.6 Å². The zero-order valence-corrected chi connectivity index (χ0v) is 11.7. The van der Waals surface area contributed by atoms with Gasteiger partial charge >= 0.3 is 0 Å². The molecule has 20 heavy (non-hydrogen) atoms. The molecule has 0 atom stereocenters. The number of amides is 1. The Hall–Kier alpha value is -1.64. The van der Waals surface area contributed by atoms with Crippen molar-refractivity contribution in [2.75, 3.05) is 12.4 Å². The molecular formula is C11H8ClF2N3O2S. The highest BCUT2D eigenvalue weighted by Gasteiger charge is 2.16. The first-order valence-corrected chi connectivity index (χ1v) is 6.48. The Morgan fingerprint density at radius 3 is 2.80 bits per heavy atom. The number of methoxy groups -OCH3 is 1. The highest BCUT2D eigenvalue weighted by Crippen LogP contribution is 2.22. The third-order valence-corrected chi connectivity index (χ3v) is 3.33. The molecular weight excluding hydrogens is 312 g/mol. The van der Waals surface area contributed by atoms with E-state index in [4.69, 9.17) is 16.3 Å². The predicted molar refractivity (Wildman–Crippen MR) is 69.9 cm³/mol. The van der Waals surface area contributed by atoms with Crippen molar-refractivity contribution in [3.63, 3.8) is 0 Å². The van der Waals surface area contributed by atoms with Gasteiger partial charge in [-0.15, -0.1) is 10.2 Å². The second-order valence-corrected chi connectivity index (χ2v) is 5.10. The van der Waals surface area contributed by atoms with Crippen molar-refractivity contribution in [2.24, 2.45) is 0 Å². The average molecular weight is 320 g/mol. The molecule has 5 nitrogen and oxygen atoms in total. The highest BCUT2D eigenvalue weighted by molar-refractivity contribution is 7.15. The summed E-state index contributed by atoms with van der Waals surface area (Å²) in [7, 11) is 1.50. The van der Waals surface area contributed by atoms with Gasteiger partial charge < -0.3 is 4.74 Å². The number of hydrogen-bond donors (Lipinski definition) is 1. The summed E-state index contributed by atoms with van der Waals surface area (Å²) in [5.74, 6) is -2.98. The topological polar surface area (TPSA) is 64.1 Å². The lowest BCUT2D eigenvalue weighted by molar-refractivity contribution is 0.102. The number of benzene rings is 1. The van der Waals surface area contributed by atoms with Gasteiger partial charge in [-0.25, -0.2) is 8.78 Å². The van der Waals surface area contributed by atoms with Crippen LogP contribution in [0.2, 0.25) is 5.02 Å². The number of nitrogens with zero attached hydrogens (tertiary/aromatic N) is 2. The minimum absolute atomic E-state index is 0.186. The molecule has 0 aliphatic heterocycles. The van der Waals surface area contributed by atoms with Crippen LogP contribution < -0.4 is 5.32 Å². The minimum Gasteiger partial charge on any atom is -0.377 e. The van der Waals surface area contributed by atoms with Gasteiger partial charge in [-0.1, -0.05) is 22.9 Å². The van der Waals surface area contributed by atoms with E-state index in [-0.39, 0.29) is 22.3 Å². The summed E-state index contributed by atoms with van der Waals surface area (Å²) < 4.78 is 30.9. The maximum absolute atomic E-state index is 13.1. The van der Waals surface area contributed by atoms with E-state index in [9.17, 15) is 13.6 Å². The number of anilines is 1. The van der Waals surface area contributed by atoms with Crippen LogP contribution in [0.25, 0.3) is 0 Å². The molecule has 1 aromatic heterocycles. The lowest BCUT2D eigenvalue weighted by Crippen LogP contribution is -2.13. The molecule has 2 aromatic rings. The third-order valence-electron chi connectivity index (χ3n) is 2.21. The molecule has 0 unspecified atom stereocenters. The number of aromatic nitrogens is 2. The summed E-state index contributed by atoms with van der Waals surface area (Å²) in [6.07, 6.45) is 0. The van der Waals surface area contributed by atoms with Crippen LogP contribution in [0.4, 0.5) is 13.9 Å². The maximum atomic E-state index is 13.1. The molecule has 0 saturated carbocycles. The molecule has 0 aliphatic carbocycles. The Bertz CT molecular complexity index is 651. The van der Waals surface area contributed by atoms with Crippen LogP contribution in [0.3, 0.4) is 0 Å². The molecule has 0 spiro atoms. The van der Waals surface area contributed by atoms with Crippen molar-refractivity contribution in [3.8, 4) is 0 Å². The molecule has 9 heteroatoms. The number of nitrogens with one attached hydrogen (secondary N) is 1. The Balaban J connectivity index is 2.17. The number of carbonyl (C=O) groups excluding carboxylic acids is 1.